The van der Waals surface area contributed by atoms with Crippen molar-refractivity contribution in [2.45, 2.75) is 50.7 Å². The minimum Gasteiger partial charge on any atom is -0.382 e. The van der Waals surface area contributed by atoms with Gasteiger partial charge in [0.25, 0.3) is 0 Å². The first kappa shape index (κ1) is 12.0. The topological polar surface area (TPSA) is 15.3 Å². The summed E-state index contributed by atoms with van der Waals surface area (Å²) in [4.78, 5) is 2.54. The van der Waals surface area contributed by atoms with E-state index in [1.807, 2.05) is 13.0 Å². The average molecular weight is 248 g/mol. The monoisotopic (exact) mass is 248 g/mol. The molecule has 2 aliphatic rings. The number of hydrogen-bond acceptors (Lipinski definition) is 2. The van der Waals surface area contributed by atoms with Crippen LogP contribution in [0.1, 0.15) is 31.2 Å². The molecule has 2 atom stereocenters. The summed E-state index contributed by atoms with van der Waals surface area (Å²) in [5.41, 5.74) is 2.09. The summed E-state index contributed by atoms with van der Waals surface area (Å²) in [5, 5.41) is 3.60. The van der Waals surface area contributed by atoms with Gasteiger partial charge in [0, 0.05) is 23.8 Å². The molecule has 0 aliphatic carbocycles. The molecule has 0 spiro atoms. The number of piperidine rings is 1. The molecule has 18 heavy (non-hydrogen) atoms. The fraction of sp³-hybridized carbons (Fsp3) is 0.600. The molecule has 2 unspecified atom stereocenters. The van der Waals surface area contributed by atoms with Gasteiger partial charge in [0.15, 0.2) is 0 Å². The molecule has 0 aromatic heterocycles. The van der Waals surface area contributed by atoms with Gasteiger partial charge in [-0.25, -0.2) is 4.39 Å². The summed E-state index contributed by atoms with van der Waals surface area (Å²) in [5.74, 6) is -0.151. The number of nitrogens with zero attached hydrogens (tertiary/aromatic N) is 1. The van der Waals surface area contributed by atoms with Crippen LogP contribution in [0.5, 0.6) is 0 Å². The van der Waals surface area contributed by atoms with Crippen LogP contribution in [0, 0.1) is 12.7 Å². The maximum absolute atomic E-state index is 13.1. The Morgan fingerprint density at radius 1 is 1.22 bits per heavy atom. The summed E-state index contributed by atoms with van der Waals surface area (Å²) in [6.07, 6.45) is 5.09. The molecule has 2 heterocycles. The largest absolute Gasteiger partial charge is 0.382 e. The second-order valence-corrected chi connectivity index (χ2v) is 5.82. The van der Waals surface area contributed by atoms with E-state index in [2.05, 4.69) is 17.3 Å². The minimum absolute atomic E-state index is 0.151. The standard InChI is InChI=1S/C15H21FN2/c1-10-7-11(16)3-6-15(10)17-12-8-13-4-5-14(9-12)18(13)2/h3,6-7,12-14,17H,4-5,8-9H2,1-2H3. The van der Waals surface area contributed by atoms with Gasteiger partial charge in [0.2, 0.25) is 0 Å². The third-order valence-corrected chi connectivity index (χ3v) is 4.65. The third kappa shape index (κ3) is 2.12. The molecule has 1 N–H and O–H groups in total. The highest BCUT2D eigenvalue weighted by Gasteiger charge is 2.38. The number of nitrogens with one attached hydrogen (secondary N) is 1. The van der Waals surface area contributed by atoms with Crippen LogP contribution in [0.25, 0.3) is 0 Å². The zero-order chi connectivity index (χ0) is 12.7. The van der Waals surface area contributed by atoms with Crippen LogP contribution in [0.3, 0.4) is 0 Å². The third-order valence-electron chi connectivity index (χ3n) is 4.65. The second-order valence-electron chi connectivity index (χ2n) is 5.82. The second kappa shape index (κ2) is 4.54. The van der Waals surface area contributed by atoms with Crippen molar-refractivity contribution in [3.8, 4) is 0 Å². The Hall–Kier alpha value is -1.09. The lowest BCUT2D eigenvalue weighted by atomic mass is 9.97. The Kier molecular flexibility index (Phi) is 3.02. The van der Waals surface area contributed by atoms with Crippen LogP contribution in [0.4, 0.5) is 10.1 Å². The Labute approximate surface area is 108 Å². The van der Waals surface area contributed by atoms with Gasteiger partial charge in [-0.15, -0.1) is 0 Å². The molecule has 3 heteroatoms. The van der Waals surface area contributed by atoms with Gasteiger partial charge in [0.05, 0.1) is 0 Å². The number of halogens is 1. The SMILES string of the molecule is Cc1cc(F)ccc1NC1CC2CCC(C1)N2C. The van der Waals surface area contributed by atoms with Crippen LogP contribution < -0.4 is 5.32 Å². The molecule has 2 fully saturated rings. The summed E-state index contributed by atoms with van der Waals surface area (Å²) in [7, 11) is 2.25. The van der Waals surface area contributed by atoms with Crippen molar-refractivity contribution in [3.63, 3.8) is 0 Å². The highest BCUT2D eigenvalue weighted by molar-refractivity contribution is 5.51. The van der Waals surface area contributed by atoms with E-state index in [1.165, 1.54) is 25.7 Å². The van der Waals surface area contributed by atoms with E-state index in [0.29, 0.717) is 6.04 Å². The highest BCUT2D eigenvalue weighted by atomic mass is 19.1. The van der Waals surface area contributed by atoms with Crippen molar-refractivity contribution < 1.29 is 4.39 Å². The van der Waals surface area contributed by atoms with E-state index in [0.717, 1.165) is 23.3 Å². The maximum Gasteiger partial charge on any atom is 0.123 e. The molecule has 2 saturated heterocycles. The van der Waals surface area contributed by atoms with Crippen LogP contribution >= 0.6 is 0 Å². The van der Waals surface area contributed by atoms with E-state index < -0.39 is 0 Å². The van der Waals surface area contributed by atoms with Crippen LogP contribution in [0.15, 0.2) is 18.2 Å². The summed E-state index contributed by atoms with van der Waals surface area (Å²) < 4.78 is 13.1. The molecule has 3 rings (SSSR count). The molecule has 1 aromatic carbocycles. The lowest BCUT2D eigenvalue weighted by Gasteiger charge is -2.37. The number of aryl methyl sites for hydroxylation is 1. The summed E-state index contributed by atoms with van der Waals surface area (Å²) in [6, 6.07) is 7.03. The van der Waals surface area contributed by atoms with Crippen molar-refractivity contribution >= 4 is 5.69 Å². The van der Waals surface area contributed by atoms with Gasteiger partial charge in [0.1, 0.15) is 5.82 Å². The molecular weight excluding hydrogens is 227 g/mol. The molecule has 2 aliphatic heterocycles. The van der Waals surface area contributed by atoms with E-state index in [1.54, 1.807) is 12.1 Å². The molecule has 0 saturated carbocycles. The smallest absolute Gasteiger partial charge is 0.123 e. The first-order valence-electron chi connectivity index (χ1n) is 6.88. The number of rotatable bonds is 2. The van der Waals surface area contributed by atoms with Gasteiger partial charge in [-0.05, 0) is 63.4 Å². The minimum atomic E-state index is -0.151. The average Bonchev–Trinajstić information content (AvgIpc) is 2.57. The van der Waals surface area contributed by atoms with Gasteiger partial charge in [-0.1, -0.05) is 0 Å². The Morgan fingerprint density at radius 3 is 2.50 bits per heavy atom. The first-order valence-corrected chi connectivity index (χ1v) is 6.88. The van der Waals surface area contributed by atoms with E-state index in [-0.39, 0.29) is 5.82 Å². The lowest BCUT2D eigenvalue weighted by molar-refractivity contribution is 0.169. The normalized spacial score (nSPS) is 31.6. The molecule has 0 amide bonds. The van der Waals surface area contributed by atoms with E-state index in [4.69, 9.17) is 0 Å². The number of hydrogen-bond donors (Lipinski definition) is 1. The number of fused-ring (bicyclic) bond motifs is 2. The molecule has 2 bridgehead atoms. The lowest BCUT2D eigenvalue weighted by Crippen LogP contribution is -2.44. The highest BCUT2D eigenvalue weighted by Crippen LogP contribution is 2.35. The molecule has 1 aromatic rings. The number of anilines is 1. The zero-order valence-electron chi connectivity index (χ0n) is 11.1. The number of benzene rings is 1. The Morgan fingerprint density at radius 2 is 1.89 bits per heavy atom. The molecule has 98 valence electrons. The van der Waals surface area contributed by atoms with Gasteiger partial charge in [-0.3, -0.25) is 0 Å². The maximum atomic E-state index is 13.1. The fourth-order valence-electron chi connectivity index (χ4n) is 3.54. The van der Waals surface area contributed by atoms with Crippen molar-refractivity contribution in [2.24, 2.45) is 0 Å². The van der Waals surface area contributed by atoms with E-state index in [9.17, 15) is 4.39 Å². The summed E-state index contributed by atoms with van der Waals surface area (Å²) in [6.45, 7) is 1.97. The van der Waals surface area contributed by atoms with Crippen LogP contribution in [-0.4, -0.2) is 30.1 Å². The van der Waals surface area contributed by atoms with Crippen molar-refractivity contribution in [3.05, 3.63) is 29.6 Å². The van der Waals surface area contributed by atoms with Gasteiger partial charge >= 0.3 is 0 Å². The summed E-state index contributed by atoms with van der Waals surface area (Å²) >= 11 is 0. The molecule has 0 radical (unpaired) electrons. The molecule has 2 nitrogen and oxygen atoms in total. The van der Waals surface area contributed by atoms with Gasteiger partial charge in [-0.2, -0.15) is 0 Å². The van der Waals surface area contributed by atoms with Crippen molar-refractivity contribution in [1.82, 2.24) is 4.90 Å². The van der Waals surface area contributed by atoms with E-state index >= 15 is 0 Å². The van der Waals surface area contributed by atoms with Crippen molar-refractivity contribution in [1.29, 1.82) is 0 Å². The zero-order valence-corrected chi connectivity index (χ0v) is 11.1. The Balaban J connectivity index is 1.70. The van der Waals surface area contributed by atoms with Gasteiger partial charge < -0.3 is 10.2 Å². The van der Waals surface area contributed by atoms with Crippen LogP contribution in [-0.2, 0) is 0 Å². The fourth-order valence-corrected chi connectivity index (χ4v) is 3.54. The predicted octanol–water partition coefficient (Wildman–Crippen LogP) is 3.17. The first-order chi connectivity index (χ1) is 8.63. The predicted molar refractivity (Wildman–Crippen MR) is 72.4 cm³/mol. The Bertz CT molecular complexity index is 432. The van der Waals surface area contributed by atoms with Crippen molar-refractivity contribution in [2.75, 3.05) is 12.4 Å². The quantitative estimate of drug-likeness (QED) is 0.864. The van der Waals surface area contributed by atoms with Crippen LogP contribution in [0.2, 0.25) is 0 Å². The molecular formula is C15H21FN2.